The van der Waals surface area contributed by atoms with Crippen LogP contribution in [-0.2, 0) is 6.42 Å². The van der Waals surface area contributed by atoms with Gasteiger partial charge in [0.2, 0.25) is 0 Å². The normalized spacial score (nSPS) is 10.7. The molecule has 0 bridgehead atoms. The van der Waals surface area contributed by atoms with Crippen molar-refractivity contribution in [2.45, 2.75) is 31.5 Å². The van der Waals surface area contributed by atoms with E-state index in [0.717, 1.165) is 27.7 Å². The van der Waals surface area contributed by atoms with Crippen LogP contribution in [0.3, 0.4) is 0 Å². The molecule has 0 N–H and O–H groups in total. The topological polar surface area (TPSA) is 42.9 Å². The fraction of sp³-hybridized carbons (Fsp3) is 0.357. The molecule has 0 unspecified atom stereocenters. The molecule has 1 aromatic heterocycles. The number of benzene rings is 1. The smallest absolute Gasteiger partial charge is 0.173 e. The van der Waals surface area contributed by atoms with E-state index in [2.05, 4.69) is 9.36 Å². The van der Waals surface area contributed by atoms with Gasteiger partial charge in [0.25, 0.3) is 0 Å². The summed E-state index contributed by atoms with van der Waals surface area (Å²) in [7, 11) is 0. The Bertz CT molecular complexity index is 593. The molecule has 2 aromatic rings. The van der Waals surface area contributed by atoms with Crippen molar-refractivity contribution >= 4 is 29.1 Å². The van der Waals surface area contributed by atoms with Crippen molar-refractivity contribution in [3.8, 4) is 0 Å². The maximum atomic E-state index is 12.1. The summed E-state index contributed by atoms with van der Waals surface area (Å²) in [6, 6.07) is 5.84. The molecule has 0 aliphatic carbocycles. The van der Waals surface area contributed by atoms with E-state index >= 15 is 0 Å². The van der Waals surface area contributed by atoms with Crippen molar-refractivity contribution in [2.24, 2.45) is 0 Å². The van der Waals surface area contributed by atoms with E-state index in [0.29, 0.717) is 5.75 Å². The fourth-order valence-corrected chi connectivity index (χ4v) is 3.16. The number of Topliss-reactive ketones (excluding diaryl/α,β-unsaturated/α-hetero) is 1. The van der Waals surface area contributed by atoms with Gasteiger partial charge in [-0.25, -0.2) is 4.98 Å². The summed E-state index contributed by atoms with van der Waals surface area (Å²) < 4.78 is 5.08. The van der Waals surface area contributed by atoms with Crippen molar-refractivity contribution in [3.05, 3.63) is 40.7 Å². The third-order valence-corrected chi connectivity index (χ3v) is 4.79. The van der Waals surface area contributed by atoms with E-state index < -0.39 is 0 Å². The van der Waals surface area contributed by atoms with E-state index in [1.54, 1.807) is 0 Å². The van der Waals surface area contributed by atoms with Gasteiger partial charge in [0.1, 0.15) is 5.82 Å². The van der Waals surface area contributed by atoms with Gasteiger partial charge in [0.05, 0.1) is 5.75 Å². The van der Waals surface area contributed by atoms with Crippen LogP contribution >= 0.6 is 23.3 Å². The van der Waals surface area contributed by atoms with E-state index in [1.165, 1.54) is 28.9 Å². The van der Waals surface area contributed by atoms with Crippen LogP contribution < -0.4 is 0 Å². The van der Waals surface area contributed by atoms with Crippen molar-refractivity contribution in [3.63, 3.8) is 0 Å². The molecule has 0 fully saturated rings. The van der Waals surface area contributed by atoms with Gasteiger partial charge in [0.15, 0.2) is 10.1 Å². The van der Waals surface area contributed by atoms with Crippen molar-refractivity contribution in [1.82, 2.24) is 9.36 Å². The monoisotopic (exact) mass is 292 g/mol. The van der Waals surface area contributed by atoms with Crippen LogP contribution in [0.25, 0.3) is 0 Å². The van der Waals surface area contributed by atoms with Crippen LogP contribution in [-0.4, -0.2) is 20.9 Å². The van der Waals surface area contributed by atoms with Crippen LogP contribution in [0.4, 0.5) is 0 Å². The minimum Gasteiger partial charge on any atom is -0.293 e. The number of nitrogens with zero attached hydrogens (tertiary/aromatic N) is 2. The van der Waals surface area contributed by atoms with Crippen molar-refractivity contribution in [2.75, 3.05) is 5.75 Å². The predicted molar refractivity (Wildman–Crippen MR) is 80.3 cm³/mol. The average molecular weight is 292 g/mol. The van der Waals surface area contributed by atoms with Crippen molar-refractivity contribution in [1.29, 1.82) is 0 Å². The number of rotatable bonds is 5. The molecule has 100 valence electrons. The summed E-state index contributed by atoms with van der Waals surface area (Å²) in [4.78, 5) is 16.4. The molecule has 1 heterocycles. The number of aromatic nitrogens is 2. The summed E-state index contributed by atoms with van der Waals surface area (Å²) in [6.45, 7) is 6.10. The van der Waals surface area contributed by atoms with E-state index in [1.807, 2.05) is 39.0 Å². The van der Waals surface area contributed by atoms with Crippen LogP contribution in [0.15, 0.2) is 22.5 Å². The zero-order valence-electron chi connectivity index (χ0n) is 11.3. The standard InChI is InChI=1S/C14H16N2OS2/c1-4-13-15-14(19-16-13)18-8-12(17)11-6-5-9(2)10(3)7-11/h5-7H,4,8H2,1-3H3. The molecular formula is C14H16N2OS2. The molecule has 2 rings (SSSR count). The second-order valence-electron chi connectivity index (χ2n) is 4.34. The van der Waals surface area contributed by atoms with Crippen LogP contribution in [0, 0.1) is 13.8 Å². The van der Waals surface area contributed by atoms with Crippen LogP contribution in [0.5, 0.6) is 0 Å². The highest BCUT2D eigenvalue weighted by atomic mass is 32.2. The second kappa shape index (κ2) is 6.30. The van der Waals surface area contributed by atoms with Crippen LogP contribution in [0.2, 0.25) is 0 Å². The first-order valence-electron chi connectivity index (χ1n) is 6.16. The first kappa shape index (κ1) is 14.2. The van der Waals surface area contributed by atoms with Gasteiger partial charge in [-0.3, -0.25) is 4.79 Å². The lowest BCUT2D eigenvalue weighted by Crippen LogP contribution is -2.03. The summed E-state index contributed by atoms with van der Waals surface area (Å²) in [5.41, 5.74) is 3.14. The Hall–Kier alpha value is -1.20. The van der Waals surface area contributed by atoms with Gasteiger partial charge >= 0.3 is 0 Å². The molecule has 0 amide bonds. The highest BCUT2D eigenvalue weighted by Gasteiger charge is 2.10. The maximum absolute atomic E-state index is 12.1. The molecule has 0 radical (unpaired) electrons. The SMILES string of the molecule is CCc1nsc(SCC(=O)c2ccc(C)c(C)c2)n1. The zero-order chi connectivity index (χ0) is 13.8. The Balaban J connectivity index is 1.99. The molecule has 0 saturated heterocycles. The Morgan fingerprint density at radius 1 is 1.32 bits per heavy atom. The fourth-order valence-electron chi connectivity index (χ4n) is 1.57. The lowest BCUT2D eigenvalue weighted by Gasteiger charge is -2.03. The number of thioether (sulfide) groups is 1. The molecule has 0 saturated carbocycles. The van der Waals surface area contributed by atoms with Crippen LogP contribution in [0.1, 0.15) is 34.2 Å². The first-order valence-corrected chi connectivity index (χ1v) is 7.92. The highest BCUT2D eigenvalue weighted by molar-refractivity contribution is 8.01. The third kappa shape index (κ3) is 3.64. The van der Waals surface area contributed by atoms with Gasteiger partial charge in [-0.1, -0.05) is 30.8 Å². The Morgan fingerprint density at radius 3 is 2.74 bits per heavy atom. The van der Waals surface area contributed by atoms with Gasteiger partial charge in [-0.2, -0.15) is 4.37 Å². The molecule has 0 aliphatic rings. The predicted octanol–water partition coefficient (Wildman–Crippen LogP) is 3.69. The Morgan fingerprint density at radius 2 is 2.11 bits per heavy atom. The minimum absolute atomic E-state index is 0.140. The molecular weight excluding hydrogens is 276 g/mol. The quantitative estimate of drug-likeness (QED) is 0.622. The summed E-state index contributed by atoms with van der Waals surface area (Å²) in [5.74, 6) is 1.41. The van der Waals surface area contributed by atoms with Gasteiger partial charge in [0, 0.05) is 12.0 Å². The van der Waals surface area contributed by atoms with E-state index in [4.69, 9.17) is 0 Å². The summed E-state index contributed by atoms with van der Waals surface area (Å²) >= 11 is 2.83. The largest absolute Gasteiger partial charge is 0.293 e. The molecule has 5 heteroatoms. The van der Waals surface area contributed by atoms with Crippen molar-refractivity contribution < 1.29 is 4.79 Å². The van der Waals surface area contributed by atoms with E-state index in [-0.39, 0.29) is 5.78 Å². The highest BCUT2D eigenvalue weighted by Crippen LogP contribution is 2.22. The molecule has 19 heavy (non-hydrogen) atoms. The average Bonchev–Trinajstić information content (AvgIpc) is 2.87. The number of hydrogen-bond acceptors (Lipinski definition) is 5. The zero-order valence-corrected chi connectivity index (χ0v) is 12.9. The maximum Gasteiger partial charge on any atom is 0.173 e. The summed E-state index contributed by atoms with van der Waals surface area (Å²) in [6.07, 6.45) is 0.835. The molecule has 0 atom stereocenters. The second-order valence-corrected chi connectivity index (χ2v) is 6.32. The Kier molecular flexibility index (Phi) is 4.71. The Labute approximate surface area is 121 Å². The van der Waals surface area contributed by atoms with Gasteiger partial charge in [-0.05, 0) is 42.6 Å². The minimum atomic E-state index is 0.140. The molecule has 0 spiro atoms. The van der Waals surface area contributed by atoms with Gasteiger partial charge < -0.3 is 0 Å². The third-order valence-electron chi connectivity index (χ3n) is 2.92. The van der Waals surface area contributed by atoms with E-state index in [9.17, 15) is 4.79 Å². The number of aryl methyl sites for hydroxylation is 3. The number of hydrogen-bond donors (Lipinski definition) is 0. The lowest BCUT2D eigenvalue weighted by atomic mass is 10.0. The first-order chi connectivity index (χ1) is 9.10. The molecule has 1 aromatic carbocycles. The number of carbonyl (C=O) groups excluding carboxylic acids is 1. The molecule has 0 aliphatic heterocycles. The summed E-state index contributed by atoms with van der Waals surface area (Å²) in [5, 5.41) is 0. The number of carbonyl (C=O) groups is 1. The lowest BCUT2D eigenvalue weighted by molar-refractivity contribution is 0.102. The number of ketones is 1. The molecule has 3 nitrogen and oxygen atoms in total. The van der Waals surface area contributed by atoms with Gasteiger partial charge in [-0.15, -0.1) is 0 Å².